The van der Waals surface area contributed by atoms with E-state index in [9.17, 15) is 14.0 Å². The average Bonchev–Trinajstić information content (AvgIpc) is 2.42. The summed E-state index contributed by atoms with van der Waals surface area (Å²) in [6, 6.07) is 6.64. The Balaban J connectivity index is 2.57. The van der Waals surface area contributed by atoms with E-state index in [0.29, 0.717) is 11.4 Å². The highest BCUT2D eigenvalue weighted by Crippen LogP contribution is 2.07. The topological polar surface area (TPSA) is 61.2 Å². The van der Waals surface area contributed by atoms with E-state index in [1.165, 1.54) is 30.3 Å². The maximum Gasteiger partial charge on any atom is 0.343 e. The Bertz CT molecular complexity index is 693. The lowest BCUT2D eigenvalue weighted by Crippen LogP contribution is -2.28. The van der Waals surface area contributed by atoms with Crippen LogP contribution in [0.25, 0.3) is 5.69 Å². The van der Waals surface area contributed by atoms with E-state index in [-0.39, 0.29) is 12.2 Å². The number of rotatable bonds is 3. The highest BCUT2D eigenvalue weighted by atomic mass is 19.1. The van der Waals surface area contributed by atoms with E-state index >= 15 is 0 Å². The molecule has 20 heavy (non-hydrogen) atoms. The van der Waals surface area contributed by atoms with Crippen LogP contribution < -0.4 is 5.56 Å². The van der Waals surface area contributed by atoms with Gasteiger partial charge in [-0.2, -0.15) is 9.78 Å². The molecule has 0 bridgehead atoms. The molecule has 0 amide bonds. The lowest BCUT2D eigenvalue weighted by Gasteiger charge is -2.08. The van der Waals surface area contributed by atoms with E-state index in [0.717, 1.165) is 4.68 Å². The molecule has 5 nitrogen and oxygen atoms in total. The van der Waals surface area contributed by atoms with E-state index < -0.39 is 17.3 Å². The van der Waals surface area contributed by atoms with Crippen molar-refractivity contribution in [1.82, 2.24) is 9.78 Å². The average molecular weight is 276 g/mol. The molecule has 0 unspecified atom stereocenters. The number of aromatic nitrogens is 2. The Hall–Kier alpha value is -2.50. The van der Waals surface area contributed by atoms with Crippen LogP contribution in [0.1, 0.15) is 23.0 Å². The summed E-state index contributed by atoms with van der Waals surface area (Å²) in [7, 11) is 0. The van der Waals surface area contributed by atoms with Crippen molar-refractivity contribution >= 4 is 5.97 Å². The Morgan fingerprint density at radius 1 is 1.35 bits per heavy atom. The third-order valence-corrected chi connectivity index (χ3v) is 2.60. The van der Waals surface area contributed by atoms with E-state index in [1.54, 1.807) is 13.8 Å². The molecule has 0 aliphatic heterocycles. The van der Waals surface area contributed by atoms with Crippen molar-refractivity contribution in [1.29, 1.82) is 0 Å². The second-order valence-corrected chi connectivity index (χ2v) is 4.11. The molecule has 1 aromatic carbocycles. The summed E-state index contributed by atoms with van der Waals surface area (Å²) in [6.45, 7) is 3.49. The summed E-state index contributed by atoms with van der Waals surface area (Å²) >= 11 is 0. The van der Waals surface area contributed by atoms with Crippen LogP contribution in [0.5, 0.6) is 0 Å². The van der Waals surface area contributed by atoms with Crippen LogP contribution in [-0.2, 0) is 4.74 Å². The van der Waals surface area contributed by atoms with Gasteiger partial charge in [-0.05, 0) is 44.2 Å². The van der Waals surface area contributed by atoms with Crippen LogP contribution in [0.4, 0.5) is 4.39 Å². The fourth-order valence-corrected chi connectivity index (χ4v) is 1.73. The van der Waals surface area contributed by atoms with Gasteiger partial charge >= 0.3 is 5.97 Å². The minimum absolute atomic E-state index is 0.0938. The van der Waals surface area contributed by atoms with E-state index in [1.807, 2.05) is 0 Å². The molecule has 104 valence electrons. The normalized spacial score (nSPS) is 10.3. The molecule has 0 spiro atoms. The monoisotopic (exact) mass is 276 g/mol. The molecule has 0 saturated heterocycles. The number of nitrogens with zero attached hydrogens (tertiary/aromatic N) is 2. The van der Waals surface area contributed by atoms with Crippen molar-refractivity contribution < 1.29 is 13.9 Å². The number of benzene rings is 1. The molecule has 1 aromatic heterocycles. The molecule has 0 atom stereocenters. The summed E-state index contributed by atoms with van der Waals surface area (Å²) in [5, 5.41) is 4.05. The summed E-state index contributed by atoms with van der Waals surface area (Å²) in [5.74, 6) is -1.11. The van der Waals surface area contributed by atoms with Gasteiger partial charge in [0.05, 0.1) is 18.0 Å². The molecule has 0 aliphatic rings. The fourth-order valence-electron chi connectivity index (χ4n) is 1.73. The molecule has 0 radical (unpaired) electrons. The van der Waals surface area contributed by atoms with Crippen LogP contribution in [0.3, 0.4) is 0 Å². The quantitative estimate of drug-likeness (QED) is 0.803. The Labute approximate surface area is 114 Å². The van der Waals surface area contributed by atoms with Crippen LogP contribution in [-0.4, -0.2) is 22.4 Å². The summed E-state index contributed by atoms with van der Waals surface area (Å²) in [6.07, 6.45) is 0. The van der Waals surface area contributed by atoms with Gasteiger partial charge in [-0.25, -0.2) is 9.18 Å². The second-order valence-electron chi connectivity index (χ2n) is 4.11. The minimum Gasteiger partial charge on any atom is -0.462 e. The van der Waals surface area contributed by atoms with Crippen LogP contribution >= 0.6 is 0 Å². The number of carbonyl (C=O) groups is 1. The van der Waals surface area contributed by atoms with Gasteiger partial charge in [-0.1, -0.05) is 0 Å². The molecule has 0 saturated carbocycles. The van der Waals surface area contributed by atoms with Crippen molar-refractivity contribution in [2.24, 2.45) is 0 Å². The van der Waals surface area contributed by atoms with Gasteiger partial charge in [0.1, 0.15) is 11.4 Å². The van der Waals surface area contributed by atoms with Crippen molar-refractivity contribution in [2.75, 3.05) is 6.61 Å². The number of hydrogen-bond donors (Lipinski definition) is 0. The van der Waals surface area contributed by atoms with Gasteiger partial charge in [-0.15, -0.1) is 0 Å². The third-order valence-electron chi connectivity index (χ3n) is 2.60. The van der Waals surface area contributed by atoms with Gasteiger partial charge < -0.3 is 4.74 Å². The van der Waals surface area contributed by atoms with Gasteiger partial charge in [0.25, 0.3) is 5.56 Å². The zero-order valence-corrected chi connectivity index (χ0v) is 11.1. The van der Waals surface area contributed by atoms with Gasteiger partial charge in [0, 0.05) is 0 Å². The number of aryl methyl sites for hydroxylation is 1. The molecule has 6 heteroatoms. The van der Waals surface area contributed by atoms with Gasteiger partial charge in [-0.3, -0.25) is 4.79 Å². The smallest absolute Gasteiger partial charge is 0.343 e. The first kappa shape index (κ1) is 13.9. The largest absolute Gasteiger partial charge is 0.462 e. The molecular formula is C14H13FN2O3. The first-order valence-corrected chi connectivity index (χ1v) is 6.07. The molecule has 2 aromatic rings. The van der Waals surface area contributed by atoms with Crippen molar-refractivity contribution in [3.8, 4) is 5.69 Å². The molecular weight excluding hydrogens is 263 g/mol. The zero-order chi connectivity index (χ0) is 14.7. The van der Waals surface area contributed by atoms with Crippen LogP contribution in [0, 0.1) is 12.7 Å². The van der Waals surface area contributed by atoms with Gasteiger partial charge in [0.15, 0.2) is 0 Å². The number of halogens is 1. The molecule has 0 N–H and O–H groups in total. The first-order valence-electron chi connectivity index (χ1n) is 6.07. The first-order chi connectivity index (χ1) is 9.52. The lowest BCUT2D eigenvalue weighted by atomic mass is 10.2. The number of esters is 1. The van der Waals surface area contributed by atoms with Crippen LogP contribution in [0.15, 0.2) is 35.1 Å². The van der Waals surface area contributed by atoms with Gasteiger partial charge in [0.2, 0.25) is 0 Å². The Kier molecular flexibility index (Phi) is 3.93. The minimum atomic E-state index is -0.695. The Morgan fingerprint density at radius 2 is 2.00 bits per heavy atom. The van der Waals surface area contributed by atoms with Crippen molar-refractivity contribution in [3.63, 3.8) is 0 Å². The van der Waals surface area contributed by atoms with Crippen LogP contribution in [0.2, 0.25) is 0 Å². The molecule has 0 fully saturated rings. The predicted molar refractivity (Wildman–Crippen MR) is 70.5 cm³/mol. The molecule has 0 aliphatic carbocycles. The van der Waals surface area contributed by atoms with E-state index in [2.05, 4.69) is 5.10 Å². The Morgan fingerprint density at radius 3 is 2.60 bits per heavy atom. The molecule has 1 heterocycles. The maximum absolute atomic E-state index is 12.9. The van der Waals surface area contributed by atoms with Crippen molar-refractivity contribution in [2.45, 2.75) is 13.8 Å². The number of carbonyl (C=O) groups excluding carboxylic acids is 1. The fraction of sp³-hybridized carbons (Fsp3) is 0.214. The molecule has 2 rings (SSSR count). The second kappa shape index (κ2) is 5.64. The summed E-state index contributed by atoms with van der Waals surface area (Å²) in [5.41, 5.74) is 0.173. The third kappa shape index (κ3) is 2.74. The van der Waals surface area contributed by atoms with Crippen molar-refractivity contribution in [3.05, 3.63) is 57.8 Å². The SMILES string of the molecule is CCOC(=O)c1cc(C)nn(-c2ccc(F)cc2)c1=O. The van der Waals surface area contributed by atoms with E-state index in [4.69, 9.17) is 4.74 Å². The summed E-state index contributed by atoms with van der Waals surface area (Å²) < 4.78 is 18.8. The zero-order valence-electron chi connectivity index (χ0n) is 11.1. The number of hydrogen-bond acceptors (Lipinski definition) is 4. The number of ether oxygens (including phenoxy) is 1. The maximum atomic E-state index is 12.9. The highest BCUT2D eigenvalue weighted by molar-refractivity contribution is 5.89. The lowest BCUT2D eigenvalue weighted by molar-refractivity contribution is 0.0523. The predicted octanol–water partition coefficient (Wildman–Crippen LogP) is 1.86. The standard InChI is InChI=1S/C14H13FN2O3/c1-3-20-14(19)12-8-9(2)16-17(13(12)18)11-6-4-10(15)5-7-11/h4-8H,3H2,1-2H3. The summed E-state index contributed by atoms with van der Waals surface area (Å²) in [4.78, 5) is 24.0. The highest BCUT2D eigenvalue weighted by Gasteiger charge is 2.16.